The monoisotopic (exact) mass is 253 g/mol. The zero-order chi connectivity index (χ0) is 12.7. The van der Waals surface area contributed by atoms with Crippen LogP contribution < -0.4 is 5.73 Å². The molecule has 1 aliphatic rings. The molecule has 1 aliphatic carbocycles. The molecule has 0 radical (unpaired) electrons. The average molecular weight is 253 g/mol. The standard InChI is InChI=1S/C13H19NO2S/c1-12(2,14)13(8-11(15)16,9-5-6-9)10-4-3-7-17-10/h3-4,7,9H,5-6,8,14H2,1-2H3,(H,15,16). The van der Waals surface area contributed by atoms with Gasteiger partial charge < -0.3 is 10.8 Å². The van der Waals surface area contributed by atoms with Crippen LogP contribution in [0.25, 0.3) is 0 Å². The molecule has 0 aliphatic heterocycles. The van der Waals surface area contributed by atoms with Gasteiger partial charge in [0.2, 0.25) is 0 Å². The van der Waals surface area contributed by atoms with Crippen LogP contribution >= 0.6 is 11.3 Å². The highest BCUT2D eigenvalue weighted by molar-refractivity contribution is 7.10. The molecule has 1 aromatic rings. The third-order valence-corrected chi connectivity index (χ3v) is 4.86. The number of rotatable bonds is 5. The number of carboxylic acids is 1. The Kier molecular flexibility index (Phi) is 3.04. The number of thiophene rings is 1. The molecule has 0 amide bonds. The smallest absolute Gasteiger partial charge is 0.304 e. The number of carbonyl (C=O) groups is 1. The summed E-state index contributed by atoms with van der Waals surface area (Å²) in [4.78, 5) is 12.4. The van der Waals surface area contributed by atoms with E-state index in [-0.39, 0.29) is 6.42 Å². The molecule has 1 atom stereocenters. The van der Waals surface area contributed by atoms with Crippen LogP contribution in [0.1, 0.15) is 38.0 Å². The molecule has 17 heavy (non-hydrogen) atoms. The molecule has 0 aromatic carbocycles. The number of hydrogen-bond acceptors (Lipinski definition) is 3. The van der Waals surface area contributed by atoms with Crippen LogP contribution in [0.15, 0.2) is 17.5 Å². The molecule has 3 N–H and O–H groups in total. The van der Waals surface area contributed by atoms with E-state index in [0.717, 1.165) is 17.7 Å². The van der Waals surface area contributed by atoms with E-state index < -0.39 is 16.9 Å². The number of hydrogen-bond donors (Lipinski definition) is 2. The van der Waals surface area contributed by atoms with E-state index in [4.69, 9.17) is 5.73 Å². The van der Waals surface area contributed by atoms with E-state index in [0.29, 0.717) is 5.92 Å². The second-order valence-electron chi connectivity index (χ2n) is 5.52. The van der Waals surface area contributed by atoms with Gasteiger partial charge in [0.15, 0.2) is 0 Å². The Morgan fingerprint density at radius 2 is 2.24 bits per heavy atom. The number of aliphatic carboxylic acids is 1. The Balaban J connectivity index is 2.49. The maximum Gasteiger partial charge on any atom is 0.304 e. The fourth-order valence-electron chi connectivity index (χ4n) is 2.85. The third-order valence-electron chi connectivity index (χ3n) is 3.81. The van der Waals surface area contributed by atoms with Crippen molar-refractivity contribution < 1.29 is 9.90 Å². The van der Waals surface area contributed by atoms with Crippen molar-refractivity contribution in [3.8, 4) is 0 Å². The Hall–Kier alpha value is -0.870. The summed E-state index contributed by atoms with van der Waals surface area (Å²) in [6, 6.07) is 4.01. The van der Waals surface area contributed by atoms with E-state index in [1.807, 2.05) is 31.4 Å². The summed E-state index contributed by atoms with van der Waals surface area (Å²) in [5, 5.41) is 11.2. The maximum atomic E-state index is 11.2. The number of nitrogens with two attached hydrogens (primary N) is 1. The van der Waals surface area contributed by atoms with Crippen LogP contribution in [0, 0.1) is 5.92 Å². The molecule has 3 nitrogen and oxygen atoms in total. The van der Waals surface area contributed by atoms with Crippen LogP contribution in [0.4, 0.5) is 0 Å². The topological polar surface area (TPSA) is 63.3 Å². The van der Waals surface area contributed by atoms with Gasteiger partial charge >= 0.3 is 5.97 Å². The lowest BCUT2D eigenvalue weighted by Gasteiger charge is -2.43. The SMILES string of the molecule is CC(C)(N)C(CC(=O)O)(c1cccs1)C1CC1. The molecule has 0 spiro atoms. The van der Waals surface area contributed by atoms with Gasteiger partial charge in [-0.1, -0.05) is 6.07 Å². The Morgan fingerprint density at radius 3 is 2.59 bits per heavy atom. The van der Waals surface area contributed by atoms with E-state index in [9.17, 15) is 9.90 Å². The van der Waals surface area contributed by atoms with Gasteiger partial charge in [-0.15, -0.1) is 11.3 Å². The molecule has 1 fully saturated rings. The van der Waals surface area contributed by atoms with Gasteiger partial charge in [0.1, 0.15) is 0 Å². The summed E-state index contributed by atoms with van der Waals surface area (Å²) >= 11 is 1.62. The number of carboxylic acid groups (broad SMARTS) is 1. The summed E-state index contributed by atoms with van der Waals surface area (Å²) in [6.07, 6.45) is 2.30. The van der Waals surface area contributed by atoms with E-state index in [1.54, 1.807) is 11.3 Å². The lowest BCUT2D eigenvalue weighted by molar-refractivity contribution is -0.139. The highest BCUT2D eigenvalue weighted by Gasteiger charge is 2.55. The summed E-state index contributed by atoms with van der Waals surface area (Å²) < 4.78 is 0. The minimum atomic E-state index is -0.760. The van der Waals surface area contributed by atoms with E-state index in [2.05, 4.69) is 0 Å². The van der Waals surface area contributed by atoms with Gasteiger partial charge in [0, 0.05) is 15.8 Å². The van der Waals surface area contributed by atoms with Crippen molar-refractivity contribution in [2.24, 2.45) is 11.7 Å². The Bertz CT molecular complexity index is 404. The predicted octanol–water partition coefficient (Wildman–Crippen LogP) is 2.61. The van der Waals surface area contributed by atoms with Gasteiger partial charge in [-0.25, -0.2) is 0 Å². The van der Waals surface area contributed by atoms with Crippen molar-refractivity contribution in [1.82, 2.24) is 0 Å². The fourth-order valence-corrected chi connectivity index (χ4v) is 4.02. The van der Waals surface area contributed by atoms with Crippen molar-refractivity contribution >= 4 is 17.3 Å². The first-order valence-corrected chi connectivity index (χ1v) is 6.80. The molecule has 94 valence electrons. The fraction of sp³-hybridized carbons (Fsp3) is 0.615. The van der Waals surface area contributed by atoms with Crippen LogP contribution in [0.2, 0.25) is 0 Å². The largest absolute Gasteiger partial charge is 0.481 e. The molecule has 1 unspecified atom stereocenters. The van der Waals surface area contributed by atoms with Crippen LogP contribution in [0.3, 0.4) is 0 Å². The van der Waals surface area contributed by atoms with Crippen molar-refractivity contribution in [3.63, 3.8) is 0 Å². The van der Waals surface area contributed by atoms with Crippen molar-refractivity contribution in [2.45, 2.75) is 44.1 Å². The molecular weight excluding hydrogens is 234 g/mol. The highest BCUT2D eigenvalue weighted by Crippen LogP contribution is 2.55. The van der Waals surface area contributed by atoms with Crippen LogP contribution in [-0.2, 0) is 10.2 Å². The first kappa shape index (κ1) is 12.6. The first-order valence-electron chi connectivity index (χ1n) is 5.92. The van der Waals surface area contributed by atoms with Crippen LogP contribution in [-0.4, -0.2) is 16.6 Å². The highest BCUT2D eigenvalue weighted by atomic mass is 32.1. The third kappa shape index (κ3) is 2.11. The van der Waals surface area contributed by atoms with Gasteiger partial charge in [0.05, 0.1) is 6.42 Å². The minimum Gasteiger partial charge on any atom is -0.481 e. The zero-order valence-corrected chi connectivity index (χ0v) is 11.1. The quantitative estimate of drug-likeness (QED) is 0.848. The summed E-state index contributed by atoms with van der Waals surface area (Å²) in [6.45, 7) is 3.90. The second kappa shape index (κ2) is 4.10. The van der Waals surface area contributed by atoms with Gasteiger partial charge in [0.25, 0.3) is 0 Å². The maximum absolute atomic E-state index is 11.2. The molecule has 1 aromatic heterocycles. The first-order chi connectivity index (χ1) is 7.88. The van der Waals surface area contributed by atoms with Crippen LogP contribution in [0.5, 0.6) is 0 Å². The van der Waals surface area contributed by atoms with Gasteiger partial charge in [-0.2, -0.15) is 0 Å². The molecule has 1 heterocycles. The summed E-state index contributed by atoms with van der Waals surface area (Å²) in [5.41, 5.74) is 5.41. The molecule has 1 saturated carbocycles. The summed E-state index contributed by atoms with van der Waals surface area (Å²) in [5.74, 6) is -0.346. The molecular formula is C13H19NO2S. The zero-order valence-electron chi connectivity index (χ0n) is 10.3. The lowest BCUT2D eigenvalue weighted by Crippen LogP contribution is -2.56. The summed E-state index contributed by atoms with van der Waals surface area (Å²) in [7, 11) is 0. The molecule has 0 bridgehead atoms. The lowest BCUT2D eigenvalue weighted by atomic mass is 9.65. The second-order valence-corrected chi connectivity index (χ2v) is 6.46. The van der Waals surface area contributed by atoms with Crippen molar-refractivity contribution in [1.29, 1.82) is 0 Å². The average Bonchev–Trinajstić information content (AvgIpc) is 2.88. The van der Waals surface area contributed by atoms with Crippen molar-refractivity contribution in [3.05, 3.63) is 22.4 Å². The van der Waals surface area contributed by atoms with Gasteiger partial charge in [-0.05, 0) is 44.1 Å². The Labute approximate surface area is 106 Å². The van der Waals surface area contributed by atoms with Crippen molar-refractivity contribution in [2.75, 3.05) is 0 Å². The van der Waals surface area contributed by atoms with E-state index >= 15 is 0 Å². The molecule has 4 heteroatoms. The Morgan fingerprint density at radius 1 is 1.59 bits per heavy atom. The predicted molar refractivity (Wildman–Crippen MR) is 69.2 cm³/mol. The molecule has 0 saturated heterocycles. The minimum absolute atomic E-state index is 0.127. The molecule has 2 rings (SSSR count). The van der Waals surface area contributed by atoms with Gasteiger partial charge in [-0.3, -0.25) is 4.79 Å². The van der Waals surface area contributed by atoms with E-state index in [1.165, 1.54) is 0 Å². The normalized spacial score (nSPS) is 19.9.